The zero-order chi connectivity index (χ0) is 29.4. The van der Waals surface area contributed by atoms with Gasteiger partial charge < -0.3 is 19.3 Å². The van der Waals surface area contributed by atoms with Gasteiger partial charge >= 0.3 is 0 Å². The number of para-hydroxylation sites is 1. The number of amides is 2. The Morgan fingerprint density at radius 3 is 1.72 bits per heavy atom. The number of benzene rings is 5. The normalized spacial score (nSPS) is 11.3. The summed E-state index contributed by atoms with van der Waals surface area (Å²) in [6, 6.07) is 36.4. The number of furan rings is 1. The predicted molar refractivity (Wildman–Crippen MR) is 166 cm³/mol. The second-order valence-electron chi connectivity index (χ2n) is 9.67. The lowest BCUT2D eigenvalue weighted by molar-refractivity contribution is -0.124. The molecule has 1 aromatic heterocycles. The highest BCUT2D eigenvalue weighted by Crippen LogP contribution is 2.23. The highest BCUT2D eigenvalue weighted by atomic mass is 16.5. The first-order chi connectivity index (χ1) is 21.1. The Bertz CT molecular complexity index is 1920. The van der Waals surface area contributed by atoms with Crippen molar-refractivity contribution in [3.05, 3.63) is 127 Å². The molecule has 1 heterocycles. The van der Waals surface area contributed by atoms with E-state index >= 15 is 0 Å². The van der Waals surface area contributed by atoms with Crippen LogP contribution in [0.5, 0.6) is 11.5 Å². The largest absolute Gasteiger partial charge is 0.484 e. The third-order valence-electron chi connectivity index (χ3n) is 6.64. The molecule has 0 aliphatic heterocycles. The smallest absolute Gasteiger partial charge is 0.276 e. The Kier molecular flexibility index (Phi) is 8.04. The van der Waals surface area contributed by atoms with Gasteiger partial charge in [-0.3, -0.25) is 25.9 Å². The molecule has 0 aliphatic carbocycles. The van der Waals surface area contributed by atoms with Gasteiger partial charge in [-0.15, -0.1) is 0 Å². The summed E-state index contributed by atoms with van der Waals surface area (Å²) in [6.07, 6.45) is 1.47. The average molecular weight is 573 g/mol. The van der Waals surface area contributed by atoms with E-state index in [4.69, 9.17) is 13.9 Å². The van der Waals surface area contributed by atoms with Crippen LogP contribution in [0.4, 0.5) is 0 Å². The monoisotopic (exact) mass is 572 g/mol. The molecule has 2 amide bonds. The summed E-state index contributed by atoms with van der Waals surface area (Å²) in [5.41, 5.74) is 11.8. The first kappa shape index (κ1) is 27.2. The summed E-state index contributed by atoms with van der Waals surface area (Å²) >= 11 is 0. The van der Waals surface area contributed by atoms with Crippen LogP contribution in [0, 0.1) is 0 Å². The number of rotatable bonds is 11. The maximum atomic E-state index is 12.6. The molecule has 0 aliphatic rings. The Morgan fingerprint density at radius 2 is 1.12 bits per heavy atom. The lowest BCUT2D eigenvalue weighted by atomic mass is 10.1. The minimum Gasteiger partial charge on any atom is -0.484 e. The van der Waals surface area contributed by atoms with E-state index in [2.05, 4.69) is 21.7 Å². The van der Waals surface area contributed by atoms with E-state index in [1.165, 1.54) is 6.20 Å². The Hall–Kier alpha value is -5.96. The van der Waals surface area contributed by atoms with E-state index < -0.39 is 11.8 Å². The Balaban J connectivity index is 1.06. The van der Waals surface area contributed by atoms with Gasteiger partial charge in [-0.25, -0.2) is 0 Å². The summed E-state index contributed by atoms with van der Waals surface area (Å²) in [5.74, 6) is 0.787. The van der Waals surface area contributed by atoms with Crippen LogP contribution in [0.25, 0.3) is 38.2 Å². The summed E-state index contributed by atoms with van der Waals surface area (Å²) in [6.45, 7) is -0.412. The lowest BCUT2D eigenvalue weighted by Crippen LogP contribution is -2.41. The van der Waals surface area contributed by atoms with Crippen LogP contribution in [0.1, 0.15) is 5.76 Å². The molecular formula is C34H28N4O5. The number of carbonyl (C=O) groups excluding carboxylic acids is 2. The van der Waals surface area contributed by atoms with Crippen LogP contribution in [-0.2, 0) is 9.59 Å². The zero-order valence-electron chi connectivity index (χ0n) is 23.0. The lowest BCUT2D eigenvalue weighted by Gasteiger charge is -2.13. The molecule has 0 saturated heterocycles. The highest BCUT2D eigenvalue weighted by molar-refractivity contribution is 5.86. The van der Waals surface area contributed by atoms with Crippen molar-refractivity contribution in [3.8, 4) is 11.5 Å². The molecule has 0 atom stereocenters. The fourth-order valence-corrected chi connectivity index (χ4v) is 4.49. The summed E-state index contributed by atoms with van der Waals surface area (Å²) in [5, 5.41) is 5.09. The van der Waals surface area contributed by atoms with Crippen LogP contribution in [0.3, 0.4) is 0 Å². The summed E-state index contributed by atoms with van der Waals surface area (Å²) < 4.78 is 17.3. The van der Waals surface area contributed by atoms with Gasteiger partial charge in [0.15, 0.2) is 19.0 Å². The van der Waals surface area contributed by atoms with Gasteiger partial charge in [0, 0.05) is 11.6 Å². The molecule has 0 radical (unpaired) electrons. The number of fused-ring (bicyclic) bond motifs is 3. The number of hydrogen-bond acceptors (Lipinski definition) is 7. The van der Waals surface area contributed by atoms with Crippen molar-refractivity contribution in [2.45, 2.75) is 0 Å². The first-order valence-electron chi connectivity index (χ1n) is 13.6. The Morgan fingerprint density at radius 1 is 0.581 bits per heavy atom. The van der Waals surface area contributed by atoms with Gasteiger partial charge in [-0.2, -0.15) is 0 Å². The van der Waals surface area contributed by atoms with E-state index in [9.17, 15) is 9.59 Å². The fourth-order valence-electron chi connectivity index (χ4n) is 4.49. The van der Waals surface area contributed by atoms with E-state index in [-0.39, 0.29) is 13.2 Å². The topological polar surface area (TPSA) is 114 Å². The Labute approximate surface area is 247 Å². The first-order valence-corrected chi connectivity index (χ1v) is 13.6. The molecule has 0 bridgehead atoms. The van der Waals surface area contributed by atoms with Crippen molar-refractivity contribution in [1.29, 1.82) is 0 Å². The molecule has 6 rings (SSSR count). The third kappa shape index (κ3) is 6.86. The number of ether oxygens (including phenoxy) is 2. The van der Waals surface area contributed by atoms with Gasteiger partial charge in [0.25, 0.3) is 11.8 Å². The molecule has 214 valence electrons. The van der Waals surface area contributed by atoms with Crippen LogP contribution in [0.2, 0.25) is 0 Å². The van der Waals surface area contributed by atoms with Crippen LogP contribution < -0.4 is 31.2 Å². The van der Waals surface area contributed by atoms with Gasteiger partial charge in [-0.05, 0) is 57.9 Å². The predicted octanol–water partition coefficient (Wildman–Crippen LogP) is 5.44. The third-order valence-corrected chi connectivity index (χ3v) is 6.64. The van der Waals surface area contributed by atoms with E-state index in [1.807, 2.05) is 115 Å². The number of nitrogens with one attached hydrogen (secondary N) is 4. The van der Waals surface area contributed by atoms with Gasteiger partial charge in [0.2, 0.25) is 0 Å². The standard InChI is InChI=1S/C34H28N4O5/c39-33(21-41-28-15-13-23-7-1-3-9-25(23)17-28)37-35-20-30(32-19-27-11-5-6-12-31(27)43-32)36-38-34(40)22-42-29-16-14-24-8-2-4-10-26(24)18-29/h1-20,35-36H,21-22H2,(H,37,39)(H,38,40)/b30-20-. The maximum Gasteiger partial charge on any atom is 0.276 e. The summed E-state index contributed by atoms with van der Waals surface area (Å²) in [4.78, 5) is 25.1. The molecule has 9 heteroatoms. The van der Waals surface area contributed by atoms with Gasteiger partial charge in [-0.1, -0.05) is 78.9 Å². The second-order valence-corrected chi connectivity index (χ2v) is 9.67. The number of hydrogen-bond donors (Lipinski definition) is 4. The zero-order valence-corrected chi connectivity index (χ0v) is 23.0. The minimum atomic E-state index is -0.414. The van der Waals surface area contributed by atoms with E-state index in [0.29, 0.717) is 28.5 Å². The molecule has 9 nitrogen and oxygen atoms in total. The van der Waals surface area contributed by atoms with Gasteiger partial charge in [0.05, 0.1) is 0 Å². The van der Waals surface area contributed by atoms with Crippen LogP contribution >= 0.6 is 0 Å². The molecule has 4 N–H and O–H groups in total. The van der Waals surface area contributed by atoms with Crippen molar-refractivity contribution < 1.29 is 23.5 Å². The van der Waals surface area contributed by atoms with Crippen molar-refractivity contribution in [3.63, 3.8) is 0 Å². The van der Waals surface area contributed by atoms with Crippen molar-refractivity contribution in [1.82, 2.24) is 21.7 Å². The molecule has 43 heavy (non-hydrogen) atoms. The number of hydrazine groups is 2. The van der Waals surface area contributed by atoms with E-state index in [0.717, 1.165) is 26.9 Å². The highest BCUT2D eigenvalue weighted by Gasteiger charge is 2.12. The van der Waals surface area contributed by atoms with Crippen LogP contribution in [0.15, 0.2) is 126 Å². The number of carbonyl (C=O) groups is 2. The molecule has 0 saturated carbocycles. The van der Waals surface area contributed by atoms with Crippen LogP contribution in [-0.4, -0.2) is 25.0 Å². The quantitative estimate of drug-likeness (QED) is 0.153. The molecule has 0 fully saturated rings. The minimum absolute atomic E-state index is 0.199. The molecule has 0 unspecified atom stereocenters. The maximum absolute atomic E-state index is 12.6. The molecule has 6 aromatic rings. The van der Waals surface area contributed by atoms with E-state index in [1.54, 1.807) is 0 Å². The average Bonchev–Trinajstić information content (AvgIpc) is 3.48. The second kappa shape index (κ2) is 12.7. The van der Waals surface area contributed by atoms with Gasteiger partial charge in [0.1, 0.15) is 22.8 Å². The fraction of sp³-hybridized carbons (Fsp3) is 0.0588. The van der Waals surface area contributed by atoms with Crippen molar-refractivity contribution in [2.75, 3.05) is 13.2 Å². The van der Waals surface area contributed by atoms with Crippen molar-refractivity contribution >= 4 is 50.0 Å². The molecule has 5 aromatic carbocycles. The molecule has 0 spiro atoms. The molecular weight excluding hydrogens is 544 g/mol. The SMILES string of the molecule is O=C(COc1ccc2ccccc2c1)NN/C=C(\NNC(=O)COc1ccc2ccccc2c1)c1cc2ccccc2o1. The summed E-state index contributed by atoms with van der Waals surface area (Å²) in [7, 11) is 0. The van der Waals surface area contributed by atoms with Crippen molar-refractivity contribution in [2.24, 2.45) is 0 Å².